The van der Waals surface area contributed by atoms with Gasteiger partial charge in [-0.15, -0.1) is 5.26 Å². The molecule has 0 aliphatic carbocycles. The molecule has 0 aliphatic rings. The fourth-order valence-electron chi connectivity index (χ4n) is 1.85. The lowest BCUT2D eigenvalue weighted by atomic mass is 9.99. The predicted octanol–water partition coefficient (Wildman–Crippen LogP) is 2.75. The maximum atomic E-state index is 9.18. The van der Waals surface area contributed by atoms with E-state index in [1.165, 1.54) is 6.26 Å². The van der Waals surface area contributed by atoms with Crippen molar-refractivity contribution in [2.24, 2.45) is 0 Å². The maximum absolute atomic E-state index is 9.18. The first-order valence-corrected chi connectivity index (χ1v) is 5.14. The van der Waals surface area contributed by atoms with Crippen LogP contribution in [-0.2, 0) is 0 Å². The second kappa shape index (κ2) is 4.45. The molecule has 0 N–H and O–H groups in total. The van der Waals surface area contributed by atoms with Gasteiger partial charge in [0.25, 0.3) is 6.26 Å². The average molecular weight is 233 g/mol. The van der Waals surface area contributed by atoms with E-state index in [1.54, 1.807) is 12.1 Å². The third-order valence-electron chi connectivity index (χ3n) is 2.63. The van der Waals surface area contributed by atoms with Gasteiger partial charge in [-0.1, -0.05) is 23.8 Å². The molecular formula is C14H7N3O. The van der Waals surface area contributed by atoms with E-state index in [4.69, 9.17) is 15.3 Å². The van der Waals surface area contributed by atoms with Crippen molar-refractivity contribution in [1.82, 2.24) is 0 Å². The Morgan fingerprint density at radius 2 is 1.83 bits per heavy atom. The van der Waals surface area contributed by atoms with Gasteiger partial charge in [0.2, 0.25) is 0 Å². The minimum Gasteiger partial charge on any atom is -0.385 e. The Morgan fingerprint density at radius 1 is 1.06 bits per heavy atom. The summed E-state index contributed by atoms with van der Waals surface area (Å²) in [6.45, 7) is 1.93. The van der Waals surface area contributed by atoms with Crippen LogP contribution in [0.5, 0.6) is 5.75 Å². The Labute approximate surface area is 104 Å². The molecule has 0 atom stereocenters. The highest BCUT2D eigenvalue weighted by Crippen LogP contribution is 2.31. The second-order valence-electron chi connectivity index (χ2n) is 3.77. The van der Waals surface area contributed by atoms with Gasteiger partial charge in [0.15, 0.2) is 5.75 Å². The number of benzene rings is 2. The molecule has 0 amide bonds. The number of fused-ring (bicyclic) bond motifs is 1. The molecule has 84 valence electrons. The lowest BCUT2D eigenvalue weighted by molar-refractivity contribution is 0.504. The summed E-state index contributed by atoms with van der Waals surface area (Å²) in [5, 5.41) is 28.3. The van der Waals surface area contributed by atoms with Crippen molar-refractivity contribution in [3.8, 4) is 24.1 Å². The lowest BCUT2D eigenvalue weighted by Crippen LogP contribution is -1.94. The molecule has 0 unspecified atom stereocenters. The zero-order valence-electron chi connectivity index (χ0n) is 9.56. The number of hydrogen-bond acceptors (Lipinski definition) is 4. The lowest BCUT2D eigenvalue weighted by Gasteiger charge is -2.07. The fraction of sp³-hybridized carbons (Fsp3) is 0.0714. The van der Waals surface area contributed by atoms with E-state index in [0.29, 0.717) is 5.39 Å². The van der Waals surface area contributed by atoms with Crippen molar-refractivity contribution in [3.63, 3.8) is 0 Å². The molecule has 0 heterocycles. The summed E-state index contributed by atoms with van der Waals surface area (Å²) in [4.78, 5) is 0. The van der Waals surface area contributed by atoms with Crippen molar-refractivity contribution in [2.45, 2.75) is 6.92 Å². The van der Waals surface area contributed by atoms with E-state index in [-0.39, 0.29) is 16.9 Å². The standard InChI is InChI=1S/C14H7N3O/c1-9-2-3-12-10(4-9)5-11(6-15)14(18-8-17)13(12)7-16/h2-5H,1H3. The van der Waals surface area contributed by atoms with E-state index in [9.17, 15) is 5.26 Å². The summed E-state index contributed by atoms with van der Waals surface area (Å²) in [5.74, 6) is 0.0267. The van der Waals surface area contributed by atoms with Crippen LogP contribution in [0.1, 0.15) is 16.7 Å². The van der Waals surface area contributed by atoms with Gasteiger partial charge in [-0.3, -0.25) is 0 Å². The normalized spacial score (nSPS) is 9.22. The molecule has 4 nitrogen and oxygen atoms in total. The van der Waals surface area contributed by atoms with Crippen LogP contribution in [0.3, 0.4) is 0 Å². The van der Waals surface area contributed by atoms with Gasteiger partial charge < -0.3 is 4.74 Å². The average Bonchev–Trinajstić information content (AvgIpc) is 2.38. The summed E-state index contributed by atoms with van der Waals surface area (Å²) in [6.07, 6.45) is 1.51. The first-order valence-electron chi connectivity index (χ1n) is 5.14. The number of aryl methyl sites for hydroxylation is 1. The molecule has 0 aromatic heterocycles. The van der Waals surface area contributed by atoms with Crippen molar-refractivity contribution in [2.75, 3.05) is 0 Å². The molecule has 0 bridgehead atoms. The molecular weight excluding hydrogens is 226 g/mol. The predicted molar refractivity (Wildman–Crippen MR) is 64.4 cm³/mol. The molecule has 0 saturated heterocycles. The Hall–Kier alpha value is -3.03. The first-order chi connectivity index (χ1) is 8.71. The van der Waals surface area contributed by atoms with Gasteiger partial charge in [-0.25, -0.2) is 0 Å². The zero-order valence-corrected chi connectivity index (χ0v) is 9.56. The molecule has 0 fully saturated rings. The van der Waals surface area contributed by atoms with Crippen LogP contribution < -0.4 is 4.74 Å². The van der Waals surface area contributed by atoms with E-state index in [0.717, 1.165) is 10.9 Å². The van der Waals surface area contributed by atoms with Crippen molar-refractivity contribution in [1.29, 1.82) is 15.8 Å². The van der Waals surface area contributed by atoms with Crippen molar-refractivity contribution in [3.05, 3.63) is 41.0 Å². The topological polar surface area (TPSA) is 80.6 Å². The summed E-state index contributed by atoms with van der Waals surface area (Å²) in [7, 11) is 0. The van der Waals surface area contributed by atoms with Crippen LogP contribution in [0.25, 0.3) is 10.8 Å². The van der Waals surface area contributed by atoms with E-state index in [1.807, 2.05) is 31.2 Å². The van der Waals surface area contributed by atoms with Gasteiger partial charge in [-0.2, -0.15) is 10.5 Å². The quantitative estimate of drug-likeness (QED) is 0.709. The van der Waals surface area contributed by atoms with Gasteiger partial charge in [-0.05, 0) is 18.4 Å². The van der Waals surface area contributed by atoms with Crippen LogP contribution in [-0.4, -0.2) is 0 Å². The molecule has 0 spiro atoms. The van der Waals surface area contributed by atoms with Gasteiger partial charge in [0.1, 0.15) is 17.7 Å². The van der Waals surface area contributed by atoms with Gasteiger partial charge in [0, 0.05) is 5.39 Å². The summed E-state index contributed by atoms with van der Waals surface area (Å²) in [6, 6.07) is 11.1. The minimum atomic E-state index is 0.0267. The Balaban J connectivity index is 2.93. The third-order valence-corrected chi connectivity index (χ3v) is 2.63. The Kier molecular flexibility index (Phi) is 2.83. The number of hydrogen-bond donors (Lipinski definition) is 0. The molecule has 2 aromatic rings. The van der Waals surface area contributed by atoms with Crippen LogP contribution in [0, 0.1) is 41.1 Å². The monoisotopic (exact) mass is 233 g/mol. The van der Waals surface area contributed by atoms with Crippen LogP contribution in [0.2, 0.25) is 0 Å². The number of nitrogens with zero attached hydrogens (tertiary/aromatic N) is 3. The second-order valence-corrected chi connectivity index (χ2v) is 3.77. The largest absolute Gasteiger partial charge is 0.385 e. The summed E-state index contributed by atoms with van der Waals surface area (Å²) in [5.41, 5.74) is 1.43. The molecule has 0 saturated carbocycles. The molecule has 18 heavy (non-hydrogen) atoms. The highest BCUT2D eigenvalue weighted by Gasteiger charge is 2.15. The van der Waals surface area contributed by atoms with E-state index < -0.39 is 0 Å². The Bertz CT molecular complexity index is 758. The molecule has 0 radical (unpaired) electrons. The number of ether oxygens (including phenoxy) is 1. The minimum absolute atomic E-state index is 0.0267. The molecule has 2 aromatic carbocycles. The Morgan fingerprint density at radius 3 is 2.44 bits per heavy atom. The van der Waals surface area contributed by atoms with E-state index in [2.05, 4.69) is 0 Å². The van der Waals surface area contributed by atoms with Gasteiger partial charge >= 0.3 is 0 Å². The van der Waals surface area contributed by atoms with E-state index >= 15 is 0 Å². The SMILES string of the molecule is Cc1ccc2c(C#N)c(OC#N)c(C#N)cc2c1. The zero-order chi connectivity index (χ0) is 13.1. The highest BCUT2D eigenvalue weighted by atomic mass is 16.5. The van der Waals surface area contributed by atoms with Crippen LogP contribution >= 0.6 is 0 Å². The highest BCUT2D eigenvalue weighted by molar-refractivity contribution is 5.92. The van der Waals surface area contributed by atoms with Gasteiger partial charge in [0.05, 0.1) is 5.56 Å². The smallest absolute Gasteiger partial charge is 0.292 e. The van der Waals surface area contributed by atoms with Crippen LogP contribution in [0.4, 0.5) is 0 Å². The fourth-order valence-corrected chi connectivity index (χ4v) is 1.85. The first kappa shape index (κ1) is 11.5. The summed E-state index contributed by atoms with van der Waals surface area (Å²) < 4.78 is 4.75. The molecule has 2 rings (SSSR count). The van der Waals surface area contributed by atoms with Crippen molar-refractivity contribution >= 4 is 10.8 Å². The number of nitriles is 3. The van der Waals surface area contributed by atoms with Crippen LogP contribution in [0.15, 0.2) is 24.3 Å². The molecule has 0 aliphatic heterocycles. The maximum Gasteiger partial charge on any atom is 0.292 e. The van der Waals surface area contributed by atoms with Crippen molar-refractivity contribution < 1.29 is 4.74 Å². The number of rotatable bonds is 1. The summed E-state index contributed by atoms with van der Waals surface area (Å²) >= 11 is 0. The third kappa shape index (κ3) is 1.71. The molecule has 4 heteroatoms.